The summed E-state index contributed by atoms with van der Waals surface area (Å²) in [4.78, 5) is 22.7. The molecule has 0 aliphatic heterocycles. The van der Waals surface area contributed by atoms with E-state index in [1.54, 1.807) is 0 Å². The summed E-state index contributed by atoms with van der Waals surface area (Å²) in [6.45, 7) is 4.91. The molecule has 1 amide bonds. The second kappa shape index (κ2) is 6.39. The summed E-state index contributed by atoms with van der Waals surface area (Å²) in [7, 11) is -2.03. The number of carbonyl (C=O) groups is 2. The van der Waals surface area contributed by atoms with Gasteiger partial charge in [0.25, 0.3) is 0 Å². The predicted molar refractivity (Wildman–Crippen MR) is 63.1 cm³/mol. The Morgan fingerprint density at radius 1 is 1.41 bits per heavy atom. The van der Waals surface area contributed by atoms with Crippen molar-refractivity contribution in [1.82, 2.24) is 5.32 Å². The third kappa shape index (κ3) is 6.72. The predicted octanol–water partition coefficient (Wildman–Crippen LogP) is -0.345. The van der Waals surface area contributed by atoms with Crippen LogP contribution < -0.4 is 5.32 Å². The highest BCUT2D eigenvalue weighted by atomic mass is 32.2. The molecule has 7 heteroatoms. The molecule has 17 heavy (non-hydrogen) atoms. The Balaban J connectivity index is 4.61. The van der Waals surface area contributed by atoms with E-state index in [1.807, 2.05) is 0 Å². The van der Waals surface area contributed by atoms with Crippen LogP contribution in [0.25, 0.3) is 0 Å². The van der Waals surface area contributed by atoms with Crippen LogP contribution in [0.15, 0.2) is 12.2 Å². The molecule has 98 valence electrons. The number of nitrogens with one attached hydrogen (secondary N) is 1. The minimum atomic E-state index is -3.20. The minimum Gasteiger partial charge on any atom is -0.467 e. The van der Waals surface area contributed by atoms with E-state index in [2.05, 4.69) is 16.6 Å². The molecule has 0 saturated heterocycles. The molecule has 0 spiro atoms. The van der Waals surface area contributed by atoms with Gasteiger partial charge in [0.1, 0.15) is 15.9 Å². The van der Waals surface area contributed by atoms with Gasteiger partial charge in [-0.2, -0.15) is 0 Å². The summed E-state index contributed by atoms with van der Waals surface area (Å²) < 4.78 is 26.4. The van der Waals surface area contributed by atoms with Crippen LogP contribution in [0, 0.1) is 0 Å². The van der Waals surface area contributed by atoms with Crippen molar-refractivity contribution in [1.29, 1.82) is 0 Å². The Kier molecular flexibility index (Phi) is 5.87. The third-order valence-electron chi connectivity index (χ3n) is 1.96. The van der Waals surface area contributed by atoms with Crippen LogP contribution in [-0.4, -0.2) is 45.5 Å². The topological polar surface area (TPSA) is 89.5 Å². The van der Waals surface area contributed by atoms with E-state index < -0.39 is 27.8 Å². The molecule has 0 aromatic rings. The average Bonchev–Trinajstić information content (AvgIpc) is 2.21. The highest BCUT2D eigenvalue weighted by Gasteiger charge is 2.23. The highest BCUT2D eigenvalue weighted by molar-refractivity contribution is 7.90. The van der Waals surface area contributed by atoms with Gasteiger partial charge in [-0.15, -0.1) is 0 Å². The van der Waals surface area contributed by atoms with Crippen molar-refractivity contribution >= 4 is 21.7 Å². The SMILES string of the molecule is C=C(C)C(=O)N[C@@H](CCS(C)(=O)=O)C(=O)OC. The Hall–Kier alpha value is -1.37. The molecule has 0 bridgehead atoms. The van der Waals surface area contributed by atoms with E-state index in [0.29, 0.717) is 0 Å². The molecule has 0 aliphatic carbocycles. The molecule has 0 radical (unpaired) electrons. The van der Waals surface area contributed by atoms with Gasteiger partial charge in [-0.1, -0.05) is 6.58 Å². The van der Waals surface area contributed by atoms with Crippen molar-refractivity contribution in [3.8, 4) is 0 Å². The summed E-state index contributed by atoms with van der Waals surface area (Å²) >= 11 is 0. The van der Waals surface area contributed by atoms with Crippen LogP contribution in [0.2, 0.25) is 0 Å². The molecule has 0 rings (SSSR count). The zero-order chi connectivity index (χ0) is 13.6. The first-order valence-electron chi connectivity index (χ1n) is 4.89. The van der Waals surface area contributed by atoms with Gasteiger partial charge in [-0.05, 0) is 13.3 Å². The fourth-order valence-corrected chi connectivity index (χ4v) is 1.67. The first kappa shape index (κ1) is 15.6. The lowest BCUT2D eigenvalue weighted by Crippen LogP contribution is -2.42. The number of ether oxygens (including phenoxy) is 1. The van der Waals surface area contributed by atoms with E-state index in [-0.39, 0.29) is 17.7 Å². The van der Waals surface area contributed by atoms with Crippen molar-refractivity contribution in [2.24, 2.45) is 0 Å². The van der Waals surface area contributed by atoms with E-state index in [0.717, 1.165) is 6.26 Å². The number of sulfone groups is 1. The first-order chi connectivity index (χ1) is 7.67. The molecule has 0 aromatic heterocycles. The van der Waals surface area contributed by atoms with Crippen LogP contribution in [0.5, 0.6) is 0 Å². The molecule has 0 aromatic carbocycles. The summed E-state index contributed by atoms with van der Waals surface area (Å²) in [5.41, 5.74) is 0.234. The Labute approximate surface area is 101 Å². The van der Waals surface area contributed by atoms with Crippen molar-refractivity contribution in [2.75, 3.05) is 19.1 Å². The number of hydrogen-bond donors (Lipinski definition) is 1. The maximum atomic E-state index is 11.3. The second-order valence-electron chi connectivity index (χ2n) is 3.75. The van der Waals surface area contributed by atoms with Gasteiger partial charge in [-0.3, -0.25) is 4.79 Å². The van der Waals surface area contributed by atoms with E-state index in [4.69, 9.17) is 0 Å². The number of esters is 1. The standard InChI is InChI=1S/C10H17NO5S/c1-7(2)9(12)11-8(10(13)16-3)5-6-17(4,14)15/h8H,1,5-6H2,2-4H3,(H,11,12)/t8-/m0/s1. The Morgan fingerprint density at radius 2 is 1.94 bits per heavy atom. The molecular weight excluding hydrogens is 246 g/mol. The molecule has 0 unspecified atom stereocenters. The van der Waals surface area contributed by atoms with Crippen molar-refractivity contribution < 1.29 is 22.7 Å². The van der Waals surface area contributed by atoms with E-state index in [1.165, 1.54) is 14.0 Å². The Morgan fingerprint density at radius 3 is 2.29 bits per heavy atom. The Bertz CT molecular complexity index is 412. The number of methoxy groups -OCH3 is 1. The lowest BCUT2D eigenvalue weighted by atomic mass is 10.2. The van der Waals surface area contributed by atoms with Gasteiger partial charge >= 0.3 is 5.97 Å². The zero-order valence-electron chi connectivity index (χ0n) is 10.1. The highest BCUT2D eigenvalue weighted by Crippen LogP contribution is 2.00. The molecule has 0 saturated carbocycles. The van der Waals surface area contributed by atoms with Crippen molar-refractivity contribution in [2.45, 2.75) is 19.4 Å². The number of amides is 1. The van der Waals surface area contributed by atoms with Gasteiger partial charge in [-0.25, -0.2) is 13.2 Å². The quantitative estimate of drug-likeness (QED) is 0.523. The molecule has 1 N–H and O–H groups in total. The molecule has 1 atom stereocenters. The molecule has 0 aliphatic rings. The lowest BCUT2D eigenvalue weighted by molar-refractivity contribution is -0.144. The van der Waals surface area contributed by atoms with Crippen LogP contribution in [-0.2, 0) is 24.2 Å². The van der Waals surface area contributed by atoms with Crippen molar-refractivity contribution in [3.05, 3.63) is 12.2 Å². The van der Waals surface area contributed by atoms with E-state index >= 15 is 0 Å². The van der Waals surface area contributed by atoms with Gasteiger partial charge < -0.3 is 10.1 Å². The molecular formula is C10H17NO5S. The average molecular weight is 263 g/mol. The number of carbonyl (C=O) groups excluding carboxylic acids is 2. The second-order valence-corrected chi connectivity index (χ2v) is 6.01. The van der Waals surface area contributed by atoms with Gasteiger partial charge in [0.15, 0.2) is 0 Å². The number of rotatable bonds is 6. The van der Waals surface area contributed by atoms with Crippen molar-refractivity contribution in [3.63, 3.8) is 0 Å². The zero-order valence-corrected chi connectivity index (χ0v) is 11.0. The third-order valence-corrected chi connectivity index (χ3v) is 2.93. The summed E-state index contributed by atoms with van der Waals surface area (Å²) in [5, 5.41) is 2.36. The van der Waals surface area contributed by atoms with Crippen LogP contribution in [0.3, 0.4) is 0 Å². The van der Waals surface area contributed by atoms with Gasteiger partial charge in [0.2, 0.25) is 5.91 Å². The smallest absolute Gasteiger partial charge is 0.328 e. The minimum absolute atomic E-state index is 0.0233. The largest absolute Gasteiger partial charge is 0.467 e. The van der Waals surface area contributed by atoms with Crippen LogP contribution >= 0.6 is 0 Å². The fourth-order valence-electron chi connectivity index (χ4n) is 1.00. The lowest BCUT2D eigenvalue weighted by Gasteiger charge is -2.15. The maximum Gasteiger partial charge on any atom is 0.328 e. The summed E-state index contributed by atoms with van der Waals surface area (Å²) in [6.07, 6.45) is 1.03. The van der Waals surface area contributed by atoms with Gasteiger partial charge in [0, 0.05) is 11.8 Å². The summed E-state index contributed by atoms with van der Waals surface area (Å²) in [6, 6.07) is -0.973. The van der Waals surface area contributed by atoms with Gasteiger partial charge in [0.05, 0.1) is 12.9 Å². The van der Waals surface area contributed by atoms with E-state index in [9.17, 15) is 18.0 Å². The normalized spacial score (nSPS) is 12.6. The fraction of sp³-hybridized carbons (Fsp3) is 0.600. The molecule has 6 nitrogen and oxygen atoms in total. The maximum absolute atomic E-state index is 11.3. The molecule has 0 heterocycles. The van der Waals surface area contributed by atoms with Crippen LogP contribution in [0.1, 0.15) is 13.3 Å². The monoisotopic (exact) mass is 263 g/mol. The molecule has 0 fully saturated rings. The first-order valence-corrected chi connectivity index (χ1v) is 6.95. The number of hydrogen-bond acceptors (Lipinski definition) is 5. The van der Waals surface area contributed by atoms with Crippen LogP contribution in [0.4, 0.5) is 0 Å². The summed E-state index contributed by atoms with van der Waals surface area (Å²) in [5.74, 6) is -1.39.